The fourth-order valence-electron chi connectivity index (χ4n) is 1.32. The van der Waals surface area contributed by atoms with Crippen LogP contribution in [-0.2, 0) is 10.3 Å². The molecule has 0 saturated carbocycles. The molecule has 0 aliphatic carbocycles. The summed E-state index contributed by atoms with van der Waals surface area (Å²) in [5, 5.41) is 9.96. The van der Waals surface area contributed by atoms with Crippen LogP contribution in [0.15, 0.2) is 18.7 Å². The van der Waals surface area contributed by atoms with Gasteiger partial charge in [0.15, 0.2) is 0 Å². The van der Waals surface area contributed by atoms with E-state index in [9.17, 15) is 5.11 Å². The van der Waals surface area contributed by atoms with Crippen LogP contribution in [0.2, 0.25) is 0 Å². The fourth-order valence-corrected chi connectivity index (χ4v) is 1.32. The molecule has 12 heavy (non-hydrogen) atoms. The summed E-state index contributed by atoms with van der Waals surface area (Å²) in [5.41, 5.74) is -0.121. The lowest BCUT2D eigenvalue weighted by Gasteiger charge is -2.19. The Morgan fingerprint density at radius 3 is 2.75 bits per heavy atom. The van der Waals surface area contributed by atoms with Crippen molar-refractivity contribution in [3.8, 4) is 0 Å². The average molecular weight is 166 g/mol. The van der Waals surface area contributed by atoms with Crippen LogP contribution in [0.1, 0.15) is 12.0 Å². The quantitative estimate of drug-likeness (QED) is 0.642. The second-order valence-electron chi connectivity index (χ2n) is 2.96. The highest BCUT2D eigenvalue weighted by atomic mass is 16.5. The van der Waals surface area contributed by atoms with E-state index < -0.39 is 5.60 Å². The summed E-state index contributed by atoms with van der Waals surface area (Å²) in [4.78, 5) is 7.70. The predicted octanol–water partition coefficient (Wildman–Crippen LogP) is 0.0845. The molecule has 0 radical (unpaired) electrons. The summed E-state index contributed by atoms with van der Waals surface area (Å²) < 4.78 is 5.11. The van der Waals surface area contributed by atoms with Crippen molar-refractivity contribution in [2.24, 2.45) is 0 Å². The van der Waals surface area contributed by atoms with Crippen LogP contribution in [0.5, 0.6) is 0 Å². The molecule has 1 aliphatic heterocycles. The minimum absolute atomic E-state index is 0.348. The fraction of sp³-hybridized carbons (Fsp3) is 0.500. The van der Waals surface area contributed by atoms with E-state index in [-0.39, 0.29) is 0 Å². The normalized spacial score (nSPS) is 29.1. The Bertz CT molecular complexity index is 257. The third kappa shape index (κ3) is 1.19. The molecule has 0 spiro atoms. The van der Waals surface area contributed by atoms with Crippen molar-refractivity contribution in [2.75, 3.05) is 13.2 Å². The zero-order valence-electron chi connectivity index (χ0n) is 6.60. The second-order valence-corrected chi connectivity index (χ2v) is 2.96. The number of rotatable bonds is 1. The molecule has 1 fully saturated rings. The molecule has 4 nitrogen and oxygen atoms in total. The van der Waals surface area contributed by atoms with Crippen molar-refractivity contribution < 1.29 is 9.84 Å². The molecule has 1 saturated heterocycles. The first-order valence-electron chi connectivity index (χ1n) is 3.87. The van der Waals surface area contributed by atoms with Crippen LogP contribution < -0.4 is 0 Å². The van der Waals surface area contributed by atoms with Crippen LogP contribution in [-0.4, -0.2) is 28.3 Å². The van der Waals surface area contributed by atoms with Crippen LogP contribution in [0.3, 0.4) is 0 Å². The SMILES string of the molecule is OC1(c2cncnc2)CCOC1. The molecule has 0 aromatic carbocycles. The lowest BCUT2D eigenvalue weighted by molar-refractivity contribution is 0.0226. The molecular formula is C8H10N2O2. The summed E-state index contributed by atoms with van der Waals surface area (Å²) in [6.45, 7) is 0.950. The molecule has 2 rings (SSSR count). The third-order valence-electron chi connectivity index (χ3n) is 2.10. The van der Waals surface area contributed by atoms with Gasteiger partial charge in [-0.1, -0.05) is 0 Å². The van der Waals surface area contributed by atoms with Crippen molar-refractivity contribution in [1.82, 2.24) is 9.97 Å². The topological polar surface area (TPSA) is 55.2 Å². The van der Waals surface area contributed by atoms with Gasteiger partial charge in [0.25, 0.3) is 0 Å². The van der Waals surface area contributed by atoms with E-state index in [0.717, 1.165) is 5.56 Å². The molecule has 1 N–H and O–H groups in total. The molecule has 1 atom stereocenters. The van der Waals surface area contributed by atoms with Gasteiger partial charge in [-0.25, -0.2) is 9.97 Å². The van der Waals surface area contributed by atoms with E-state index in [1.54, 1.807) is 12.4 Å². The van der Waals surface area contributed by atoms with Gasteiger partial charge in [0.05, 0.1) is 6.61 Å². The molecule has 64 valence electrons. The molecular weight excluding hydrogens is 156 g/mol. The third-order valence-corrected chi connectivity index (χ3v) is 2.10. The highest BCUT2D eigenvalue weighted by molar-refractivity contribution is 5.15. The van der Waals surface area contributed by atoms with E-state index in [0.29, 0.717) is 19.6 Å². The largest absolute Gasteiger partial charge is 0.383 e. The van der Waals surface area contributed by atoms with Gasteiger partial charge < -0.3 is 9.84 Å². The van der Waals surface area contributed by atoms with Crippen molar-refractivity contribution in [1.29, 1.82) is 0 Å². The van der Waals surface area contributed by atoms with Gasteiger partial charge in [0, 0.05) is 31.0 Å². The van der Waals surface area contributed by atoms with Crippen LogP contribution in [0.4, 0.5) is 0 Å². The molecule has 0 amide bonds. The van der Waals surface area contributed by atoms with Gasteiger partial charge in [-0.15, -0.1) is 0 Å². The minimum atomic E-state index is -0.860. The Morgan fingerprint density at radius 2 is 2.17 bits per heavy atom. The first kappa shape index (κ1) is 7.64. The standard InChI is InChI=1S/C8H10N2O2/c11-8(1-2-12-5-8)7-3-9-6-10-4-7/h3-4,6,11H,1-2,5H2. The molecule has 1 aromatic rings. The monoisotopic (exact) mass is 166 g/mol. The Kier molecular flexibility index (Phi) is 1.78. The highest BCUT2D eigenvalue weighted by Crippen LogP contribution is 2.28. The smallest absolute Gasteiger partial charge is 0.118 e. The van der Waals surface area contributed by atoms with Gasteiger partial charge >= 0.3 is 0 Å². The number of nitrogens with zero attached hydrogens (tertiary/aromatic N) is 2. The Hall–Kier alpha value is -1.00. The zero-order valence-corrected chi connectivity index (χ0v) is 6.60. The van der Waals surface area contributed by atoms with Gasteiger partial charge in [0.2, 0.25) is 0 Å². The summed E-state index contributed by atoms with van der Waals surface area (Å²) >= 11 is 0. The number of hydrogen-bond donors (Lipinski definition) is 1. The van der Waals surface area contributed by atoms with Crippen molar-refractivity contribution in [3.63, 3.8) is 0 Å². The first-order valence-corrected chi connectivity index (χ1v) is 3.87. The Balaban J connectivity index is 2.29. The maximum Gasteiger partial charge on any atom is 0.118 e. The summed E-state index contributed by atoms with van der Waals surface area (Å²) in [6, 6.07) is 0. The molecule has 1 aliphatic rings. The van der Waals surface area contributed by atoms with E-state index in [1.807, 2.05) is 0 Å². The number of hydrogen-bond acceptors (Lipinski definition) is 4. The summed E-state index contributed by atoms with van der Waals surface area (Å²) in [7, 11) is 0. The Labute approximate surface area is 70.2 Å². The summed E-state index contributed by atoms with van der Waals surface area (Å²) in [6.07, 6.45) is 5.33. The molecule has 4 heteroatoms. The zero-order chi connectivity index (χ0) is 8.44. The van der Waals surface area contributed by atoms with Gasteiger partial charge in [-0.3, -0.25) is 0 Å². The lowest BCUT2D eigenvalue weighted by atomic mass is 9.96. The second kappa shape index (κ2) is 2.80. The van der Waals surface area contributed by atoms with Crippen LogP contribution in [0.25, 0.3) is 0 Å². The highest BCUT2D eigenvalue weighted by Gasteiger charge is 2.34. The van der Waals surface area contributed by atoms with Crippen LogP contribution in [0, 0.1) is 0 Å². The van der Waals surface area contributed by atoms with E-state index in [2.05, 4.69) is 9.97 Å². The lowest BCUT2D eigenvalue weighted by Crippen LogP contribution is -2.25. The first-order chi connectivity index (χ1) is 5.81. The van der Waals surface area contributed by atoms with Crippen molar-refractivity contribution in [2.45, 2.75) is 12.0 Å². The molecule has 1 aromatic heterocycles. The minimum Gasteiger partial charge on any atom is -0.383 e. The number of aliphatic hydroxyl groups is 1. The maximum atomic E-state index is 9.96. The van der Waals surface area contributed by atoms with Gasteiger partial charge in [-0.2, -0.15) is 0 Å². The van der Waals surface area contributed by atoms with Gasteiger partial charge in [0.1, 0.15) is 11.9 Å². The average Bonchev–Trinajstić information content (AvgIpc) is 2.55. The summed E-state index contributed by atoms with van der Waals surface area (Å²) in [5.74, 6) is 0. The van der Waals surface area contributed by atoms with Gasteiger partial charge in [-0.05, 0) is 0 Å². The molecule has 2 heterocycles. The van der Waals surface area contributed by atoms with Crippen LogP contribution >= 0.6 is 0 Å². The Morgan fingerprint density at radius 1 is 1.42 bits per heavy atom. The van der Waals surface area contributed by atoms with Crippen molar-refractivity contribution in [3.05, 3.63) is 24.3 Å². The van der Waals surface area contributed by atoms with E-state index in [4.69, 9.17) is 4.74 Å². The number of ether oxygens (including phenoxy) is 1. The van der Waals surface area contributed by atoms with E-state index >= 15 is 0 Å². The maximum absolute atomic E-state index is 9.96. The molecule has 0 bridgehead atoms. The van der Waals surface area contributed by atoms with Crippen molar-refractivity contribution >= 4 is 0 Å². The number of aromatic nitrogens is 2. The predicted molar refractivity (Wildman–Crippen MR) is 41.4 cm³/mol. The van der Waals surface area contributed by atoms with E-state index in [1.165, 1.54) is 6.33 Å². The molecule has 1 unspecified atom stereocenters.